The van der Waals surface area contributed by atoms with Crippen molar-refractivity contribution in [2.45, 2.75) is 38.6 Å². The summed E-state index contributed by atoms with van der Waals surface area (Å²) in [6.07, 6.45) is 4.28. The standard InChI is InChI=1S/C17H20ClN3O3/c1-11-4-2-3-5-14(11)20-17(23)21-16(22)10-24-15-7-6-12(9-19)8-13(15)18/h6-8,11,14H,2-5,10H2,1H3,(H2,20,21,22,23)/t11-,14-/m1/s1. The summed E-state index contributed by atoms with van der Waals surface area (Å²) in [5.74, 6) is 0.136. The number of nitrogens with one attached hydrogen (secondary N) is 2. The molecule has 1 fully saturated rings. The van der Waals surface area contributed by atoms with E-state index in [0.29, 0.717) is 11.5 Å². The molecular weight excluding hydrogens is 330 g/mol. The van der Waals surface area contributed by atoms with Crippen LogP contribution in [0.5, 0.6) is 5.75 Å². The first-order valence-electron chi connectivity index (χ1n) is 7.92. The number of carbonyl (C=O) groups excluding carboxylic acids is 2. The first-order valence-corrected chi connectivity index (χ1v) is 8.30. The molecule has 0 unspecified atom stereocenters. The maximum Gasteiger partial charge on any atom is 0.321 e. The lowest BCUT2D eigenvalue weighted by Gasteiger charge is -2.29. The molecule has 1 aliphatic rings. The Morgan fingerprint density at radius 3 is 2.79 bits per heavy atom. The van der Waals surface area contributed by atoms with Crippen LogP contribution in [-0.4, -0.2) is 24.6 Å². The van der Waals surface area contributed by atoms with Crippen molar-refractivity contribution >= 4 is 23.5 Å². The van der Waals surface area contributed by atoms with Crippen LogP contribution in [0.2, 0.25) is 5.02 Å². The molecule has 6 nitrogen and oxygen atoms in total. The molecular formula is C17H20ClN3O3. The fourth-order valence-electron chi connectivity index (χ4n) is 2.73. The SMILES string of the molecule is C[C@@H]1CCCC[C@H]1NC(=O)NC(=O)COc1ccc(C#N)cc1Cl. The third-order valence-electron chi connectivity index (χ3n) is 4.10. The quantitative estimate of drug-likeness (QED) is 0.874. The summed E-state index contributed by atoms with van der Waals surface area (Å²) in [5, 5.41) is 14.1. The summed E-state index contributed by atoms with van der Waals surface area (Å²) >= 11 is 5.96. The molecule has 3 amide bonds. The number of nitrogens with zero attached hydrogens (tertiary/aromatic N) is 1. The third kappa shape index (κ3) is 5.14. The number of urea groups is 1. The largest absolute Gasteiger partial charge is 0.482 e. The number of hydrogen-bond acceptors (Lipinski definition) is 4. The van der Waals surface area contributed by atoms with Gasteiger partial charge in [0.05, 0.1) is 16.7 Å². The highest BCUT2D eigenvalue weighted by Crippen LogP contribution is 2.25. The average molecular weight is 350 g/mol. The number of rotatable bonds is 4. The molecule has 7 heteroatoms. The van der Waals surface area contributed by atoms with Crippen molar-refractivity contribution in [1.82, 2.24) is 10.6 Å². The van der Waals surface area contributed by atoms with Gasteiger partial charge in [-0.1, -0.05) is 31.4 Å². The number of amides is 3. The number of hydrogen-bond donors (Lipinski definition) is 2. The van der Waals surface area contributed by atoms with Crippen molar-refractivity contribution < 1.29 is 14.3 Å². The zero-order valence-corrected chi connectivity index (χ0v) is 14.2. The van der Waals surface area contributed by atoms with E-state index < -0.39 is 11.9 Å². The Morgan fingerprint density at radius 2 is 2.12 bits per heavy atom. The summed E-state index contributed by atoms with van der Waals surface area (Å²) < 4.78 is 5.28. The Balaban J connectivity index is 1.78. The molecule has 0 aromatic heterocycles. The van der Waals surface area contributed by atoms with E-state index in [9.17, 15) is 9.59 Å². The van der Waals surface area contributed by atoms with Crippen LogP contribution in [0.1, 0.15) is 38.2 Å². The number of nitriles is 1. The van der Waals surface area contributed by atoms with Crippen molar-refractivity contribution in [3.05, 3.63) is 28.8 Å². The van der Waals surface area contributed by atoms with Crippen molar-refractivity contribution in [2.24, 2.45) is 5.92 Å². The molecule has 2 rings (SSSR count). The van der Waals surface area contributed by atoms with Crippen LogP contribution < -0.4 is 15.4 Å². The number of imide groups is 1. The Bertz CT molecular complexity index is 657. The second-order valence-electron chi connectivity index (χ2n) is 5.94. The van der Waals surface area contributed by atoms with Gasteiger partial charge in [-0.25, -0.2) is 4.79 Å². The van der Waals surface area contributed by atoms with Crippen LogP contribution in [0.15, 0.2) is 18.2 Å². The second-order valence-corrected chi connectivity index (χ2v) is 6.34. The fourth-order valence-corrected chi connectivity index (χ4v) is 2.96. The normalized spacial score (nSPS) is 19.9. The summed E-state index contributed by atoms with van der Waals surface area (Å²) in [4.78, 5) is 23.7. The van der Waals surface area contributed by atoms with Gasteiger partial charge in [0, 0.05) is 6.04 Å². The molecule has 128 valence electrons. The molecule has 1 aliphatic carbocycles. The molecule has 0 spiro atoms. The minimum absolute atomic E-state index is 0.0976. The highest BCUT2D eigenvalue weighted by molar-refractivity contribution is 6.32. The Kier molecular flexibility index (Phi) is 6.44. The molecule has 24 heavy (non-hydrogen) atoms. The van der Waals surface area contributed by atoms with Gasteiger partial charge < -0.3 is 10.1 Å². The summed E-state index contributed by atoms with van der Waals surface area (Å²) in [5.41, 5.74) is 0.401. The lowest BCUT2D eigenvalue weighted by molar-refractivity contribution is -0.122. The second kappa shape index (κ2) is 8.55. The highest BCUT2D eigenvalue weighted by Gasteiger charge is 2.23. The molecule has 1 saturated carbocycles. The van der Waals surface area contributed by atoms with Gasteiger partial charge in [-0.05, 0) is 37.0 Å². The molecule has 2 atom stereocenters. The topological polar surface area (TPSA) is 91.2 Å². The first-order chi connectivity index (χ1) is 11.5. The third-order valence-corrected chi connectivity index (χ3v) is 4.40. The van der Waals surface area contributed by atoms with Crippen molar-refractivity contribution in [2.75, 3.05) is 6.61 Å². The van der Waals surface area contributed by atoms with Crippen molar-refractivity contribution in [3.63, 3.8) is 0 Å². The molecule has 1 aromatic rings. The number of halogens is 1. The van der Waals surface area contributed by atoms with Gasteiger partial charge in [0.25, 0.3) is 5.91 Å². The zero-order chi connectivity index (χ0) is 17.5. The van der Waals surface area contributed by atoms with Crippen LogP contribution >= 0.6 is 11.6 Å². The van der Waals surface area contributed by atoms with Gasteiger partial charge >= 0.3 is 6.03 Å². The van der Waals surface area contributed by atoms with Gasteiger partial charge in [-0.15, -0.1) is 0 Å². The predicted molar refractivity (Wildman–Crippen MR) is 89.8 cm³/mol. The number of ether oxygens (including phenoxy) is 1. The monoisotopic (exact) mass is 349 g/mol. The van der Waals surface area contributed by atoms with E-state index >= 15 is 0 Å². The first kappa shape index (κ1) is 18.1. The minimum Gasteiger partial charge on any atom is -0.482 e. The summed E-state index contributed by atoms with van der Waals surface area (Å²) in [6.45, 7) is 1.77. The molecule has 0 bridgehead atoms. The van der Waals surface area contributed by atoms with Gasteiger partial charge in [-0.2, -0.15) is 5.26 Å². The maximum absolute atomic E-state index is 11.9. The minimum atomic E-state index is -0.559. The lowest BCUT2D eigenvalue weighted by Crippen LogP contribution is -2.48. The van der Waals surface area contributed by atoms with Crippen LogP contribution in [0, 0.1) is 17.2 Å². The van der Waals surface area contributed by atoms with E-state index in [-0.39, 0.29) is 23.4 Å². The Morgan fingerprint density at radius 1 is 1.38 bits per heavy atom. The van der Waals surface area contributed by atoms with E-state index in [1.807, 2.05) is 6.07 Å². The van der Waals surface area contributed by atoms with Gasteiger partial charge in [-0.3, -0.25) is 10.1 Å². The van der Waals surface area contributed by atoms with E-state index in [1.165, 1.54) is 24.6 Å². The molecule has 0 radical (unpaired) electrons. The number of benzene rings is 1. The van der Waals surface area contributed by atoms with Crippen LogP contribution in [0.4, 0.5) is 4.79 Å². The van der Waals surface area contributed by atoms with Crippen LogP contribution in [0.3, 0.4) is 0 Å². The van der Waals surface area contributed by atoms with E-state index in [4.69, 9.17) is 21.6 Å². The van der Waals surface area contributed by atoms with Crippen LogP contribution in [-0.2, 0) is 4.79 Å². The van der Waals surface area contributed by atoms with Gasteiger partial charge in [0.2, 0.25) is 0 Å². The Hall–Kier alpha value is -2.26. The fraction of sp³-hybridized carbons (Fsp3) is 0.471. The molecule has 2 N–H and O–H groups in total. The zero-order valence-electron chi connectivity index (χ0n) is 13.5. The molecule has 0 saturated heterocycles. The van der Waals surface area contributed by atoms with E-state index in [0.717, 1.165) is 19.3 Å². The highest BCUT2D eigenvalue weighted by atomic mass is 35.5. The lowest BCUT2D eigenvalue weighted by atomic mass is 9.86. The van der Waals surface area contributed by atoms with Crippen LogP contribution in [0.25, 0.3) is 0 Å². The van der Waals surface area contributed by atoms with Crippen molar-refractivity contribution in [3.8, 4) is 11.8 Å². The summed E-state index contributed by atoms with van der Waals surface area (Å²) in [6, 6.07) is 6.05. The van der Waals surface area contributed by atoms with Crippen molar-refractivity contribution in [1.29, 1.82) is 5.26 Å². The molecule has 0 heterocycles. The maximum atomic E-state index is 11.9. The average Bonchev–Trinajstić information content (AvgIpc) is 2.55. The predicted octanol–water partition coefficient (Wildman–Crippen LogP) is 2.99. The van der Waals surface area contributed by atoms with E-state index in [1.54, 1.807) is 0 Å². The Labute approximate surface area is 146 Å². The van der Waals surface area contributed by atoms with Gasteiger partial charge in [0.1, 0.15) is 5.75 Å². The van der Waals surface area contributed by atoms with E-state index in [2.05, 4.69) is 17.6 Å². The van der Waals surface area contributed by atoms with Gasteiger partial charge in [0.15, 0.2) is 6.61 Å². The molecule has 1 aromatic carbocycles. The summed E-state index contributed by atoms with van der Waals surface area (Å²) in [7, 11) is 0. The smallest absolute Gasteiger partial charge is 0.321 e. The molecule has 0 aliphatic heterocycles. The number of carbonyl (C=O) groups is 2.